The monoisotopic (exact) mass is 404 g/mol. The van der Waals surface area contributed by atoms with Crippen LogP contribution in [0.15, 0.2) is 60.0 Å². The minimum absolute atomic E-state index is 0.0150. The molecule has 0 unspecified atom stereocenters. The van der Waals surface area contributed by atoms with Crippen LogP contribution in [0.4, 0.5) is 11.4 Å². The van der Waals surface area contributed by atoms with E-state index in [0.717, 1.165) is 16.4 Å². The number of hydrogen-bond donors (Lipinski definition) is 0. The number of aryl methyl sites for hydroxylation is 1. The van der Waals surface area contributed by atoms with Crippen molar-refractivity contribution in [2.45, 2.75) is 18.7 Å². The second kappa shape index (κ2) is 8.66. The highest BCUT2D eigenvalue weighted by Crippen LogP contribution is 2.28. The highest BCUT2D eigenvalue weighted by Gasteiger charge is 2.26. The maximum atomic E-state index is 13.1. The summed E-state index contributed by atoms with van der Waals surface area (Å²) in [5.74, 6) is -0.495. The Hall–Kier alpha value is -3.20. The van der Waals surface area contributed by atoms with Gasteiger partial charge in [-0.25, -0.2) is 13.2 Å². The number of hydrogen-bond acceptors (Lipinski definition) is 6. The molecule has 0 saturated carbocycles. The zero-order valence-corrected chi connectivity index (χ0v) is 16.3. The van der Waals surface area contributed by atoms with Crippen molar-refractivity contribution in [1.82, 2.24) is 0 Å². The summed E-state index contributed by atoms with van der Waals surface area (Å²) in [7, 11) is -4.00. The Bertz CT molecular complexity index is 1000. The van der Waals surface area contributed by atoms with E-state index in [0.29, 0.717) is 16.8 Å². The van der Waals surface area contributed by atoms with Gasteiger partial charge in [0, 0.05) is 12.1 Å². The van der Waals surface area contributed by atoms with E-state index >= 15 is 0 Å². The van der Waals surface area contributed by atoms with Gasteiger partial charge < -0.3 is 4.74 Å². The number of nitro groups is 1. The van der Waals surface area contributed by atoms with E-state index in [2.05, 4.69) is 6.58 Å². The average Bonchev–Trinajstić information content (AvgIpc) is 2.66. The number of sulfonamides is 1. The molecule has 0 radical (unpaired) electrons. The third-order valence-electron chi connectivity index (χ3n) is 3.91. The van der Waals surface area contributed by atoms with Crippen LogP contribution in [-0.4, -0.2) is 32.5 Å². The molecule has 0 atom stereocenters. The number of ether oxygens (including phenoxy) is 1. The predicted molar refractivity (Wildman–Crippen MR) is 105 cm³/mol. The van der Waals surface area contributed by atoms with E-state index in [1.54, 1.807) is 19.9 Å². The fraction of sp³-hybridized carbons (Fsp3) is 0.211. The highest BCUT2D eigenvalue weighted by molar-refractivity contribution is 7.92. The SMILES string of the molecule is C=CCN(c1ccc(C(=O)OCC)cc1C)S(=O)(=O)c1ccc([N+](=O)[O-])cc1. The van der Waals surface area contributed by atoms with Gasteiger partial charge in [0.15, 0.2) is 0 Å². The summed E-state index contributed by atoms with van der Waals surface area (Å²) in [6.45, 7) is 7.19. The summed E-state index contributed by atoms with van der Waals surface area (Å²) in [6.07, 6.45) is 1.43. The number of nitro benzene ring substituents is 1. The third kappa shape index (κ3) is 4.37. The van der Waals surface area contributed by atoms with Crippen molar-refractivity contribution in [2.24, 2.45) is 0 Å². The molecule has 2 aromatic rings. The average molecular weight is 404 g/mol. The first-order valence-electron chi connectivity index (χ1n) is 8.38. The largest absolute Gasteiger partial charge is 0.462 e. The number of benzene rings is 2. The van der Waals surface area contributed by atoms with Gasteiger partial charge in [0.2, 0.25) is 0 Å². The fourth-order valence-electron chi connectivity index (χ4n) is 2.59. The molecule has 0 saturated heterocycles. The van der Waals surface area contributed by atoms with Gasteiger partial charge in [-0.2, -0.15) is 0 Å². The summed E-state index contributed by atoms with van der Waals surface area (Å²) < 4.78 is 32.3. The second-order valence-electron chi connectivity index (χ2n) is 5.80. The number of nitrogens with zero attached hydrogens (tertiary/aromatic N) is 2. The maximum absolute atomic E-state index is 13.1. The molecule has 0 aliphatic heterocycles. The van der Waals surface area contributed by atoms with E-state index in [-0.39, 0.29) is 23.7 Å². The molecule has 2 aromatic carbocycles. The third-order valence-corrected chi connectivity index (χ3v) is 5.70. The molecule has 0 aliphatic carbocycles. The predicted octanol–water partition coefficient (Wildman–Crippen LogP) is 3.46. The van der Waals surface area contributed by atoms with E-state index in [1.807, 2.05) is 0 Å². The maximum Gasteiger partial charge on any atom is 0.338 e. The van der Waals surface area contributed by atoms with Crippen LogP contribution >= 0.6 is 0 Å². The van der Waals surface area contributed by atoms with Crippen LogP contribution in [0.25, 0.3) is 0 Å². The van der Waals surface area contributed by atoms with Crippen LogP contribution in [0.2, 0.25) is 0 Å². The highest BCUT2D eigenvalue weighted by atomic mass is 32.2. The minimum Gasteiger partial charge on any atom is -0.462 e. The Morgan fingerprint density at radius 1 is 1.25 bits per heavy atom. The van der Waals surface area contributed by atoms with Crippen LogP contribution in [0, 0.1) is 17.0 Å². The van der Waals surface area contributed by atoms with Crippen molar-refractivity contribution < 1.29 is 22.9 Å². The lowest BCUT2D eigenvalue weighted by Crippen LogP contribution is -2.31. The Morgan fingerprint density at radius 2 is 1.89 bits per heavy atom. The number of anilines is 1. The second-order valence-corrected chi connectivity index (χ2v) is 7.66. The van der Waals surface area contributed by atoms with Gasteiger partial charge in [-0.05, 0) is 49.7 Å². The fourth-order valence-corrected chi connectivity index (χ4v) is 4.09. The van der Waals surface area contributed by atoms with Crippen molar-refractivity contribution in [3.63, 3.8) is 0 Å². The standard InChI is InChI=1S/C19H20N2O6S/c1-4-12-20(18-11-6-15(13-14(18)3)19(22)27-5-2)28(25,26)17-9-7-16(8-10-17)21(23)24/h4,6-11,13H,1,5,12H2,2-3H3. The number of carbonyl (C=O) groups is 1. The summed E-state index contributed by atoms with van der Waals surface area (Å²) >= 11 is 0. The lowest BCUT2D eigenvalue weighted by Gasteiger charge is -2.25. The topological polar surface area (TPSA) is 107 Å². The van der Waals surface area contributed by atoms with Crippen LogP contribution in [0.3, 0.4) is 0 Å². The van der Waals surface area contributed by atoms with Gasteiger partial charge >= 0.3 is 5.97 Å². The summed E-state index contributed by atoms with van der Waals surface area (Å²) in [6, 6.07) is 9.20. The zero-order chi connectivity index (χ0) is 20.9. The lowest BCUT2D eigenvalue weighted by molar-refractivity contribution is -0.384. The molecule has 148 valence electrons. The minimum atomic E-state index is -4.00. The van der Waals surface area contributed by atoms with E-state index in [1.165, 1.54) is 30.3 Å². The number of rotatable bonds is 8. The molecular formula is C19H20N2O6S. The molecule has 0 N–H and O–H groups in total. The summed E-state index contributed by atoms with van der Waals surface area (Å²) in [5.41, 5.74) is 1.03. The molecule has 9 heteroatoms. The molecule has 0 heterocycles. The Kier molecular flexibility index (Phi) is 6.53. The molecule has 0 aliphatic rings. The van der Waals surface area contributed by atoms with Crippen molar-refractivity contribution in [2.75, 3.05) is 17.5 Å². The van der Waals surface area contributed by atoms with Gasteiger partial charge in [0.25, 0.3) is 15.7 Å². The van der Waals surface area contributed by atoms with Crippen LogP contribution < -0.4 is 4.31 Å². The number of non-ortho nitro benzene ring substituents is 1. The van der Waals surface area contributed by atoms with Crippen molar-refractivity contribution >= 4 is 27.4 Å². The Balaban J connectivity index is 2.47. The molecule has 0 amide bonds. The molecule has 2 rings (SSSR count). The van der Waals surface area contributed by atoms with Crippen molar-refractivity contribution in [1.29, 1.82) is 0 Å². The molecule has 0 aromatic heterocycles. The van der Waals surface area contributed by atoms with Gasteiger partial charge in [-0.1, -0.05) is 6.08 Å². The lowest BCUT2D eigenvalue weighted by atomic mass is 10.1. The Morgan fingerprint density at radius 3 is 2.39 bits per heavy atom. The molecular weight excluding hydrogens is 384 g/mol. The first-order chi connectivity index (χ1) is 13.2. The van der Waals surface area contributed by atoms with E-state index in [9.17, 15) is 23.3 Å². The summed E-state index contributed by atoms with van der Waals surface area (Å²) in [5, 5.41) is 10.8. The van der Waals surface area contributed by atoms with E-state index in [4.69, 9.17) is 4.74 Å². The van der Waals surface area contributed by atoms with Gasteiger partial charge in [-0.3, -0.25) is 14.4 Å². The number of esters is 1. The van der Waals surface area contributed by atoms with Gasteiger partial charge in [0.1, 0.15) is 0 Å². The van der Waals surface area contributed by atoms with Gasteiger partial charge in [-0.15, -0.1) is 6.58 Å². The molecule has 0 spiro atoms. The summed E-state index contributed by atoms with van der Waals surface area (Å²) in [4.78, 5) is 22.0. The van der Waals surface area contributed by atoms with Crippen LogP contribution in [0.5, 0.6) is 0 Å². The smallest absolute Gasteiger partial charge is 0.338 e. The van der Waals surface area contributed by atoms with E-state index < -0.39 is 20.9 Å². The molecule has 0 fully saturated rings. The molecule has 8 nitrogen and oxygen atoms in total. The van der Waals surface area contributed by atoms with Gasteiger partial charge in [0.05, 0.1) is 34.2 Å². The number of carbonyl (C=O) groups excluding carboxylic acids is 1. The first-order valence-corrected chi connectivity index (χ1v) is 9.82. The quantitative estimate of drug-likeness (QED) is 0.289. The van der Waals surface area contributed by atoms with Crippen molar-refractivity contribution in [3.8, 4) is 0 Å². The zero-order valence-electron chi connectivity index (χ0n) is 15.5. The molecule has 28 heavy (non-hydrogen) atoms. The van der Waals surface area contributed by atoms with Crippen molar-refractivity contribution in [3.05, 3.63) is 76.4 Å². The van der Waals surface area contributed by atoms with Crippen LogP contribution in [-0.2, 0) is 14.8 Å². The Labute approximate surface area is 163 Å². The first kappa shape index (κ1) is 21.1. The molecule has 0 bridgehead atoms. The normalized spacial score (nSPS) is 10.9. The van der Waals surface area contributed by atoms with Crippen LogP contribution in [0.1, 0.15) is 22.8 Å².